The topological polar surface area (TPSA) is 186 Å². The maximum Gasteiger partial charge on any atom is 0.413 e. The number of nitrogens with zero attached hydrogens (tertiary/aromatic N) is 6. The lowest BCUT2D eigenvalue weighted by Crippen LogP contribution is -2.31. The Balaban J connectivity index is 1.44. The van der Waals surface area contributed by atoms with Crippen molar-refractivity contribution in [3.05, 3.63) is 125 Å². The molecule has 0 saturated heterocycles. The number of methoxy groups -OCH3 is 3. The number of hydrogen-bond donors (Lipinski definition) is 1. The van der Waals surface area contributed by atoms with Gasteiger partial charge in [0.1, 0.15) is 22.8 Å². The molecule has 16 nitrogen and oxygen atoms in total. The van der Waals surface area contributed by atoms with Crippen LogP contribution in [0.5, 0.6) is 17.2 Å². The Morgan fingerprint density at radius 2 is 1.37 bits per heavy atom. The average molecular weight is 962 g/mol. The van der Waals surface area contributed by atoms with Gasteiger partial charge >= 0.3 is 12.1 Å². The zero-order chi connectivity index (χ0) is 48.4. The minimum Gasteiger partial charge on any atom is -0.497 e. The van der Waals surface area contributed by atoms with Crippen LogP contribution in [0.2, 0.25) is 0 Å². The molecule has 2 heterocycles. The molecular formula is C50H55N7O9S2. The number of nitrogens with one attached hydrogen (secondary N) is 1. The van der Waals surface area contributed by atoms with Crippen LogP contribution in [0.15, 0.2) is 108 Å². The first-order chi connectivity index (χ1) is 32.7. The van der Waals surface area contributed by atoms with E-state index in [0.717, 1.165) is 21.4 Å². The quantitative estimate of drug-likeness (QED) is 0.0563. The Kier molecular flexibility index (Phi) is 15.7. The van der Waals surface area contributed by atoms with Gasteiger partial charge in [-0.2, -0.15) is 9.10 Å². The van der Waals surface area contributed by atoms with Crippen LogP contribution in [0, 0.1) is 0 Å². The van der Waals surface area contributed by atoms with E-state index in [9.17, 15) is 9.59 Å². The Labute approximate surface area is 400 Å². The Morgan fingerprint density at radius 1 is 0.765 bits per heavy atom. The number of aromatic nitrogens is 5. The van der Waals surface area contributed by atoms with Gasteiger partial charge in [0.05, 0.1) is 55.2 Å². The first-order valence-electron chi connectivity index (χ1n) is 22.1. The van der Waals surface area contributed by atoms with E-state index in [1.807, 2.05) is 78.9 Å². The summed E-state index contributed by atoms with van der Waals surface area (Å²) in [6.07, 6.45) is 0.722. The molecule has 0 aliphatic rings. The Morgan fingerprint density at radius 3 is 1.94 bits per heavy atom. The van der Waals surface area contributed by atoms with Crippen LogP contribution >= 0.6 is 11.3 Å². The molecule has 5 aromatic carbocycles. The van der Waals surface area contributed by atoms with Crippen molar-refractivity contribution in [1.29, 1.82) is 0 Å². The number of aryl methyl sites for hydroxylation is 1. The molecule has 7 aromatic rings. The molecule has 0 spiro atoms. The third-order valence-electron chi connectivity index (χ3n) is 10.7. The predicted octanol–water partition coefficient (Wildman–Crippen LogP) is 9.70. The van der Waals surface area contributed by atoms with Gasteiger partial charge in [-0.05, 0) is 122 Å². The number of unbranched alkanes of at least 4 members (excludes halogenated alkanes) is 1. The molecule has 1 N–H and O–H groups in total. The van der Waals surface area contributed by atoms with Gasteiger partial charge in [-0.25, -0.2) is 18.2 Å². The van der Waals surface area contributed by atoms with E-state index in [1.165, 1.54) is 20.4 Å². The number of benzene rings is 5. The van der Waals surface area contributed by atoms with Gasteiger partial charge in [0.15, 0.2) is 5.13 Å². The van der Waals surface area contributed by atoms with E-state index in [-0.39, 0.29) is 61.3 Å². The summed E-state index contributed by atoms with van der Waals surface area (Å²) < 4.78 is 61.3. The minimum absolute atomic E-state index is 0.0106. The Hall–Kier alpha value is -6.89. The monoisotopic (exact) mass is 961 g/mol. The van der Waals surface area contributed by atoms with Crippen molar-refractivity contribution in [3.8, 4) is 39.8 Å². The first kappa shape index (κ1) is 49.0. The van der Waals surface area contributed by atoms with Crippen LogP contribution in [0.3, 0.4) is 0 Å². The minimum atomic E-state index is -4.51. The fourth-order valence-corrected chi connectivity index (χ4v) is 10.3. The van der Waals surface area contributed by atoms with Crippen molar-refractivity contribution < 1.29 is 41.7 Å². The largest absolute Gasteiger partial charge is 0.497 e. The molecule has 0 saturated carbocycles. The molecular weight excluding hydrogens is 907 g/mol. The second kappa shape index (κ2) is 21.8. The van der Waals surface area contributed by atoms with Gasteiger partial charge in [0.25, 0.3) is 0 Å². The predicted molar refractivity (Wildman–Crippen MR) is 260 cm³/mol. The van der Waals surface area contributed by atoms with Crippen molar-refractivity contribution in [3.63, 3.8) is 0 Å². The summed E-state index contributed by atoms with van der Waals surface area (Å²) >= 11 is 1.25. The summed E-state index contributed by atoms with van der Waals surface area (Å²) in [5.74, 6) is 1.68. The standard InChI is InChI=1S/C50H55N7O9S2/c1-8-65-43(58)15-10-9-12-36-22-29-40(41-13-11-14-42-45(41)51-48(67-42)52-49(59)66-50(2,3)4)44(47-53-55-57(54-47)32-35-20-27-39(64-7)28-21-35)46(36)68(60,61)56(30-33-16-23-37(62-5)24-17-33)31-34-18-25-38(63-6)26-19-34/h11,13-14,16-29H,8-10,12,15,30-32H2,1-7H3,(H,51,52,59). The second-order valence-electron chi connectivity index (χ2n) is 16.7. The summed E-state index contributed by atoms with van der Waals surface area (Å²) in [6, 6.07) is 31.2. The van der Waals surface area contributed by atoms with Crippen LogP contribution in [0.1, 0.15) is 69.2 Å². The number of hydrogen-bond acceptors (Lipinski definition) is 14. The number of sulfonamides is 1. The number of carbonyl (C=O) groups excluding carboxylic acids is 2. The molecule has 1 amide bonds. The number of para-hydroxylation sites is 1. The SMILES string of the molecule is CCOC(=O)CCCCc1ccc(-c2cccc3sc(NC(=O)OC(C)(C)C)nc23)c(-c2nnn(Cc3ccc(OC)cc3)n2)c1S(=O)(=O)N(Cc1ccc(OC)cc1)Cc1ccc(OC)cc1. The van der Waals surface area contributed by atoms with Crippen LogP contribution in [-0.2, 0) is 50.3 Å². The molecule has 0 unspecified atom stereocenters. The highest BCUT2D eigenvalue weighted by atomic mass is 32.2. The highest BCUT2D eigenvalue weighted by Crippen LogP contribution is 2.43. The molecule has 0 fully saturated rings. The Bertz CT molecular complexity index is 2900. The summed E-state index contributed by atoms with van der Waals surface area (Å²) in [5, 5.41) is 17.0. The molecule has 356 valence electrons. The number of rotatable bonds is 20. The third-order valence-corrected chi connectivity index (χ3v) is 13.6. The van der Waals surface area contributed by atoms with Crippen molar-refractivity contribution in [2.45, 2.75) is 83.5 Å². The maximum atomic E-state index is 16.1. The molecule has 68 heavy (non-hydrogen) atoms. The van der Waals surface area contributed by atoms with Crippen molar-refractivity contribution in [2.24, 2.45) is 0 Å². The molecule has 0 aliphatic heterocycles. The van der Waals surface area contributed by atoms with Gasteiger partial charge in [0, 0.05) is 25.1 Å². The third kappa shape index (κ3) is 12.2. The van der Waals surface area contributed by atoms with E-state index < -0.39 is 21.7 Å². The number of ether oxygens (including phenoxy) is 5. The summed E-state index contributed by atoms with van der Waals surface area (Å²) in [6.45, 7) is 7.55. The number of anilines is 1. The molecule has 0 atom stereocenters. The smallest absolute Gasteiger partial charge is 0.413 e. The van der Waals surface area contributed by atoms with Crippen LogP contribution in [0.25, 0.3) is 32.7 Å². The normalized spacial score (nSPS) is 11.7. The maximum absolute atomic E-state index is 16.1. The van der Waals surface area contributed by atoms with E-state index >= 15 is 8.42 Å². The lowest BCUT2D eigenvalue weighted by atomic mass is 9.94. The number of amides is 1. The van der Waals surface area contributed by atoms with Crippen LogP contribution < -0.4 is 19.5 Å². The van der Waals surface area contributed by atoms with Crippen LogP contribution in [-0.4, -0.2) is 83.5 Å². The molecule has 18 heteroatoms. The highest BCUT2D eigenvalue weighted by Gasteiger charge is 2.35. The summed E-state index contributed by atoms with van der Waals surface area (Å²) in [7, 11) is 0.229. The molecule has 7 rings (SSSR count). The van der Waals surface area contributed by atoms with Gasteiger partial charge in [-0.3, -0.25) is 10.1 Å². The number of fused-ring (bicyclic) bond motifs is 1. The summed E-state index contributed by atoms with van der Waals surface area (Å²) in [4.78, 5) is 31.6. The average Bonchev–Trinajstić information content (AvgIpc) is 3.96. The number of carbonyl (C=O) groups is 2. The second-order valence-corrected chi connectivity index (χ2v) is 19.7. The van der Waals surface area contributed by atoms with Crippen molar-refractivity contribution in [1.82, 2.24) is 29.5 Å². The molecule has 0 bridgehead atoms. The first-order valence-corrected chi connectivity index (χ1v) is 24.3. The fraction of sp³-hybridized carbons (Fsp3) is 0.320. The number of tetrazole rings is 1. The lowest BCUT2D eigenvalue weighted by Gasteiger charge is -2.26. The van der Waals surface area contributed by atoms with E-state index in [4.69, 9.17) is 33.8 Å². The number of esters is 1. The zero-order valence-corrected chi connectivity index (χ0v) is 40.8. The lowest BCUT2D eigenvalue weighted by molar-refractivity contribution is -0.143. The van der Waals surface area contributed by atoms with Crippen molar-refractivity contribution in [2.75, 3.05) is 33.3 Å². The number of thiazole rings is 1. The summed E-state index contributed by atoms with van der Waals surface area (Å²) in [5.41, 5.74) is 3.81. The molecule has 0 radical (unpaired) electrons. The van der Waals surface area contributed by atoms with Gasteiger partial charge in [-0.15, -0.1) is 10.2 Å². The van der Waals surface area contributed by atoms with Gasteiger partial charge in [-0.1, -0.05) is 72.0 Å². The van der Waals surface area contributed by atoms with Gasteiger partial charge < -0.3 is 23.7 Å². The molecule has 2 aromatic heterocycles. The zero-order valence-electron chi connectivity index (χ0n) is 39.1. The van der Waals surface area contributed by atoms with E-state index in [2.05, 4.69) is 15.6 Å². The van der Waals surface area contributed by atoms with Crippen LogP contribution in [0.4, 0.5) is 9.93 Å². The van der Waals surface area contributed by atoms with Gasteiger partial charge in [0.2, 0.25) is 15.8 Å². The molecule has 0 aliphatic carbocycles. The van der Waals surface area contributed by atoms with E-state index in [1.54, 1.807) is 73.3 Å². The van der Waals surface area contributed by atoms with E-state index in [0.29, 0.717) is 57.4 Å². The highest BCUT2D eigenvalue weighted by molar-refractivity contribution is 7.89. The fourth-order valence-electron chi connectivity index (χ4n) is 7.52. The van der Waals surface area contributed by atoms with Crippen molar-refractivity contribution >= 4 is 48.8 Å².